The summed E-state index contributed by atoms with van der Waals surface area (Å²) in [7, 11) is 0. The van der Waals surface area contributed by atoms with Gasteiger partial charge in [0.2, 0.25) is 5.89 Å². The van der Waals surface area contributed by atoms with Crippen molar-refractivity contribution < 1.29 is 4.42 Å². The van der Waals surface area contributed by atoms with Crippen molar-refractivity contribution in [1.29, 1.82) is 0 Å². The van der Waals surface area contributed by atoms with Crippen LogP contribution in [0, 0.1) is 5.92 Å². The van der Waals surface area contributed by atoms with Gasteiger partial charge in [0.15, 0.2) is 0 Å². The van der Waals surface area contributed by atoms with Gasteiger partial charge in [-0.15, -0.1) is 5.10 Å². The van der Waals surface area contributed by atoms with Gasteiger partial charge in [-0.3, -0.25) is 0 Å². The van der Waals surface area contributed by atoms with Crippen LogP contribution in [0.25, 0.3) is 0 Å². The SMILES string of the molecule is CCN(CC1CC1)c1nnc(CNC(C)(C)C)o1. The zero-order valence-electron chi connectivity index (χ0n) is 11.9. The second kappa shape index (κ2) is 5.26. The topological polar surface area (TPSA) is 54.2 Å². The minimum atomic E-state index is 0.0626. The van der Waals surface area contributed by atoms with Crippen molar-refractivity contribution >= 4 is 6.01 Å². The quantitative estimate of drug-likeness (QED) is 0.841. The average Bonchev–Trinajstić information content (AvgIpc) is 2.99. The fraction of sp³-hybridized carbons (Fsp3) is 0.846. The van der Waals surface area contributed by atoms with Gasteiger partial charge in [0.25, 0.3) is 0 Å². The maximum atomic E-state index is 5.70. The highest BCUT2D eigenvalue weighted by atomic mass is 16.4. The molecular weight excluding hydrogens is 228 g/mol. The second-order valence-electron chi connectivity index (χ2n) is 6.06. The molecule has 0 unspecified atom stereocenters. The highest BCUT2D eigenvalue weighted by Gasteiger charge is 2.26. The number of nitrogens with zero attached hydrogens (tertiary/aromatic N) is 3. The Morgan fingerprint density at radius 1 is 1.33 bits per heavy atom. The lowest BCUT2D eigenvalue weighted by Gasteiger charge is -2.19. The molecule has 1 fully saturated rings. The van der Waals surface area contributed by atoms with Crippen molar-refractivity contribution in [2.24, 2.45) is 5.92 Å². The molecule has 0 aliphatic heterocycles. The predicted octanol–water partition coefficient (Wildman–Crippen LogP) is 2.19. The van der Waals surface area contributed by atoms with E-state index in [1.54, 1.807) is 0 Å². The van der Waals surface area contributed by atoms with Gasteiger partial charge >= 0.3 is 6.01 Å². The van der Waals surface area contributed by atoms with E-state index in [9.17, 15) is 0 Å². The van der Waals surface area contributed by atoms with E-state index in [1.807, 2.05) is 0 Å². The van der Waals surface area contributed by atoms with Crippen LogP contribution in [0.2, 0.25) is 0 Å². The summed E-state index contributed by atoms with van der Waals surface area (Å²) in [4.78, 5) is 2.17. The molecule has 0 radical (unpaired) electrons. The van der Waals surface area contributed by atoms with Crippen LogP contribution < -0.4 is 10.2 Å². The van der Waals surface area contributed by atoms with E-state index in [4.69, 9.17) is 4.42 Å². The minimum Gasteiger partial charge on any atom is -0.407 e. The van der Waals surface area contributed by atoms with Crippen molar-refractivity contribution in [3.63, 3.8) is 0 Å². The molecule has 1 aromatic rings. The fourth-order valence-electron chi connectivity index (χ4n) is 1.74. The Hall–Kier alpha value is -1.10. The molecule has 5 heteroatoms. The molecule has 1 saturated carbocycles. The monoisotopic (exact) mass is 252 g/mol. The van der Waals surface area contributed by atoms with E-state index in [-0.39, 0.29) is 5.54 Å². The molecule has 2 rings (SSSR count). The molecule has 5 nitrogen and oxygen atoms in total. The summed E-state index contributed by atoms with van der Waals surface area (Å²) in [5.74, 6) is 1.49. The number of hydrogen-bond donors (Lipinski definition) is 1. The van der Waals surface area contributed by atoms with Crippen molar-refractivity contribution in [2.45, 2.75) is 52.6 Å². The summed E-state index contributed by atoms with van der Waals surface area (Å²) in [6.45, 7) is 11.1. The van der Waals surface area contributed by atoms with Crippen molar-refractivity contribution in [1.82, 2.24) is 15.5 Å². The van der Waals surface area contributed by atoms with Gasteiger partial charge in [0.1, 0.15) is 0 Å². The zero-order chi connectivity index (χ0) is 13.2. The minimum absolute atomic E-state index is 0.0626. The van der Waals surface area contributed by atoms with E-state index in [2.05, 4.69) is 48.1 Å². The third-order valence-electron chi connectivity index (χ3n) is 3.05. The van der Waals surface area contributed by atoms with Gasteiger partial charge in [-0.25, -0.2) is 0 Å². The first kappa shape index (κ1) is 13.3. The molecule has 1 heterocycles. The van der Waals surface area contributed by atoms with Crippen LogP contribution in [0.5, 0.6) is 0 Å². The third kappa shape index (κ3) is 3.98. The Balaban J connectivity index is 1.91. The Morgan fingerprint density at radius 3 is 2.61 bits per heavy atom. The van der Waals surface area contributed by atoms with Gasteiger partial charge in [0.05, 0.1) is 6.54 Å². The Morgan fingerprint density at radius 2 is 2.06 bits per heavy atom. The summed E-state index contributed by atoms with van der Waals surface area (Å²) in [5.41, 5.74) is 0.0626. The Labute approximate surface area is 109 Å². The lowest BCUT2D eigenvalue weighted by atomic mass is 10.1. The number of nitrogens with one attached hydrogen (secondary N) is 1. The van der Waals surface area contributed by atoms with Gasteiger partial charge in [-0.05, 0) is 46.5 Å². The largest absolute Gasteiger partial charge is 0.407 e. The summed E-state index contributed by atoms with van der Waals surface area (Å²) in [5, 5.41) is 11.6. The van der Waals surface area contributed by atoms with Crippen molar-refractivity contribution in [2.75, 3.05) is 18.0 Å². The van der Waals surface area contributed by atoms with Crippen LogP contribution in [0.4, 0.5) is 6.01 Å². The van der Waals surface area contributed by atoms with Gasteiger partial charge in [-0.1, -0.05) is 5.10 Å². The maximum Gasteiger partial charge on any atom is 0.318 e. The number of anilines is 1. The molecule has 18 heavy (non-hydrogen) atoms. The van der Waals surface area contributed by atoms with E-state index >= 15 is 0 Å². The second-order valence-corrected chi connectivity index (χ2v) is 6.06. The van der Waals surface area contributed by atoms with E-state index < -0.39 is 0 Å². The first-order chi connectivity index (χ1) is 8.48. The Bertz CT molecular complexity index is 379. The van der Waals surface area contributed by atoms with Gasteiger partial charge < -0.3 is 14.6 Å². The van der Waals surface area contributed by atoms with Crippen LogP contribution in [0.1, 0.15) is 46.4 Å². The summed E-state index contributed by atoms with van der Waals surface area (Å²) < 4.78 is 5.70. The Kier molecular flexibility index (Phi) is 3.90. The molecule has 0 aromatic carbocycles. The van der Waals surface area contributed by atoms with E-state index in [0.29, 0.717) is 18.5 Å². The molecular formula is C13H24N4O. The molecule has 1 aliphatic carbocycles. The number of rotatable bonds is 6. The lowest BCUT2D eigenvalue weighted by molar-refractivity contribution is 0.380. The smallest absolute Gasteiger partial charge is 0.318 e. The van der Waals surface area contributed by atoms with E-state index in [1.165, 1.54) is 12.8 Å². The first-order valence-electron chi connectivity index (χ1n) is 6.80. The standard InChI is InChI=1S/C13H24N4O/c1-5-17(9-10-6-7-10)12-16-15-11(18-12)8-14-13(2,3)4/h10,14H,5-9H2,1-4H3. The fourth-order valence-corrected chi connectivity index (χ4v) is 1.74. The average molecular weight is 252 g/mol. The van der Waals surface area contributed by atoms with Gasteiger partial charge in [-0.2, -0.15) is 0 Å². The molecule has 1 N–H and O–H groups in total. The number of aromatic nitrogens is 2. The molecule has 0 spiro atoms. The van der Waals surface area contributed by atoms with Crippen LogP contribution in [0.15, 0.2) is 4.42 Å². The first-order valence-corrected chi connectivity index (χ1v) is 6.80. The highest BCUT2D eigenvalue weighted by Crippen LogP contribution is 2.30. The summed E-state index contributed by atoms with van der Waals surface area (Å²) in [6.07, 6.45) is 2.67. The predicted molar refractivity (Wildman–Crippen MR) is 71.5 cm³/mol. The molecule has 1 aliphatic rings. The molecule has 0 bridgehead atoms. The van der Waals surface area contributed by atoms with Crippen LogP contribution in [0.3, 0.4) is 0 Å². The summed E-state index contributed by atoms with van der Waals surface area (Å²) >= 11 is 0. The maximum absolute atomic E-state index is 5.70. The molecule has 1 aromatic heterocycles. The third-order valence-corrected chi connectivity index (χ3v) is 3.05. The summed E-state index contributed by atoms with van der Waals surface area (Å²) in [6, 6.07) is 0.662. The van der Waals surface area contributed by atoms with Crippen LogP contribution in [-0.4, -0.2) is 28.8 Å². The number of hydrogen-bond acceptors (Lipinski definition) is 5. The molecule has 0 saturated heterocycles. The normalized spacial score (nSPS) is 16.0. The van der Waals surface area contributed by atoms with E-state index in [0.717, 1.165) is 19.0 Å². The highest BCUT2D eigenvalue weighted by molar-refractivity contribution is 5.24. The van der Waals surface area contributed by atoms with Crippen LogP contribution in [-0.2, 0) is 6.54 Å². The molecule has 0 atom stereocenters. The lowest BCUT2D eigenvalue weighted by Crippen LogP contribution is -2.35. The van der Waals surface area contributed by atoms with Crippen LogP contribution >= 0.6 is 0 Å². The van der Waals surface area contributed by atoms with Crippen molar-refractivity contribution in [3.8, 4) is 0 Å². The molecule has 102 valence electrons. The zero-order valence-corrected chi connectivity index (χ0v) is 11.9. The van der Waals surface area contributed by atoms with Gasteiger partial charge in [0, 0.05) is 18.6 Å². The van der Waals surface area contributed by atoms with Crippen molar-refractivity contribution in [3.05, 3.63) is 5.89 Å². The molecule has 0 amide bonds.